The monoisotopic (exact) mass is 274 g/mol. The highest BCUT2D eigenvalue weighted by molar-refractivity contribution is 7.99. The molecule has 0 N–H and O–H groups in total. The van der Waals surface area contributed by atoms with Gasteiger partial charge in [-0.15, -0.1) is 16.9 Å². The van der Waals surface area contributed by atoms with Crippen LogP contribution in [0.3, 0.4) is 0 Å². The Bertz CT molecular complexity index is 372. The largest absolute Gasteiger partial charge is 0.466 e. The zero-order valence-electron chi connectivity index (χ0n) is 10.6. The van der Waals surface area contributed by atoms with Crippen molar-refractivity contribution in [2.24, 2.45) is 0 Å². The fourth-order valence-electron chi connectivity index (χ4n) is 1.20. The first-order valence-corrected chi connectivity index (χ1v) is 7.32. The molecule has 0 bridgehead atoms. The highest BCUT2D eigenvalue weighted by Gasteiger charge is 2.22. The Hall–Kier alpha value is -0.620. The number of esters is 1. The summed E-state index contributed by atoms with van der Waals surface area (Å²) in [6.45, 7) is 8.66. The lowest BCUT2D eigenvalue weighted by Crippen LogP contribution is -2.10. The molecule has 0 amide bonds. The third-order valence-electron chi connectivity index (χ3n) is 1.99. The van der Waals surface area contributed by atoms with Gasteiger partial charge in [0.15, 0.2) is 0 Å². The fourth-order valence-corrected chi connectivity index (χ4v) is 3.13. The number of hydrogen-bond donors (Lipinski definition) is 0. The second-order valence-electron chi connectivity index (χ2n) is 4.56. The topological polar surface area (TPSA) is 52.1 Å². The minimum Gasteiger partial charge on any atom is -0.466 e. The van der Waals surface area contributed by atoms with E-state index in [1.165, 1.54) is 16.4 Å². The van der Waals surface area contributed by atoms with Crippen molar-refractivity contribution >= 4 is 29.3 Å². The number of ether oxygens (including phenoxy) is 1. The van der Waals surface area contributed by atoms with Gasteiger partial charge in [-0.3, -0.25) is 4.79 Å². The number of aromatic nitrogens is 2. The summed E-state index contributed by atoms with van der Waals surface area (Å²) in [6, 6.07) is 0. The predicted molar refractivity (Wildman–Crippen MR) is 70.6 cm³/mol. The van der Waals surface area contributed by atoms with Crippen molar-refractivity contribution in [1.82, 2.24) is 9.59 Å². The molecule has 96 valence electrons. The van der Waals surface area contributed by atoms with E-state index < -0.39 is 0 Å². The van der Waals surface area contributed by atoms with E-state index in [9.17, 15) is 4.79 Å². The summed E-state index contributed by atoms with van der Waals surface area (Å²) >= 11 is 3.00. The molecule has 0 saturated carbocycles. The van der Waals surface area contributed by atoms with Gasteiger partial charge in [0.05, 0.1) is 17.9 Å². The van der Waals surface area contributed by atoms with E-state index in [1.807, 2.05) is 6.92 Å². The van der Waals surface area contributed by atoms with Crippen molar-refractivity contribution in [3.05, 3.63) is 4.88 Å². The second-order valence-corrected chi connectivity index (χ2v) is 6.40. The van der Waals surface area contributed by atoms with E-state index in [0.717, 1.165) is 5.03 Å². The fraction of sp³-hybridized carbons (Fsp3) is 0.727. The van der Waals surface area contributed by atoms with Crippen LogP contribution in [-0.2, 0) is 14.9 Å². The molecule has 1 heterocycles. The number of rotatable bonds is 5. The minimum absolute atomic E-state index is 0.0560. The molecule has 0 unspecified atom stereocenters. The molecule has 17 heavy (non-hydrogen) atoms. The Kier molecular flexibility index (Phi) is 5.39. The molecule has 0 spiro atoms. The molecule has 1 aromatic heterocycles. The maximum absolute atomic E-state index is 11.2. The SMILES string of the molecule is CCOC(=O)CCSc1nnsc1C(C)(C)C. The summed E-state index contributed by atoms with van der Waals surface area (Å²) in [7, 11) is 0. The van der Waals surface area contributed by atoms with Crippen molar-refractivity contribution in [3.63, 3.8) is 0 Å². The number of thioether (sulfide) groups is 1. The van der Waals surface area contributed by atoms with Crippen LogP contribution in [0, 0.1) is 0 Å². The van der Waals surface area contributed by atoms with Gasteiger partial charge in [0.2, 0.25) is 0 Å². The lowest BCUT2D eigenvalue weighted by molar-refractivity contribution is -0.142. The van der Waals surface area contributed by atoms with Crippen LogP contribution in [0.25, 0.3) is 0 Å². The average Bonchev–Trinajstić information content (AvgIpc) is 2.65. The molecular formula is C11H18N2O2S2. The molecule has 0 atom stereocenters. The number of carbonyl (C=O) groups is 1. The van der Waals surface area contributed by atoms with E-state index in [-0.39, 0.29) is 11.4 Å². The Labute approximate surface area is 110 Å². The average molecular weight is 274 g/mol. The van der Waals surface area contributed by atoms with E-state index in [0.29, 0.717) is 18.8 Å². The van der Waals surface area contributed by atoms with Gasteiger partial charge < -0.3 is 4.74 Å². The van der Waals surface area contributed by atoms with Crippen molar-refractivity contribution < 1.29 is 9.53 Å². The van der Waals surface area contributed by atoms with Gasteiger partial charge in [-0.2, -0.15) is 0 Å². The maximum atomic E-state index is 11.2. The van der Waals surface area contributed by atoms with Crippen LogP contribution in [0.2, 0.25) is 0 Å². The lowest BCUT2D eigenvalue weighted by atomic mass is 9.95. The van der Waals surface area contributed by atoms with Gasteiger partial charge in [-0.25, -0.2) is 0 Å². The van der Waals surface area contributed by atoms with Crippen LogP contribution in [-0.4, -0.2) is 27.9 Å². The summed E-state index contributed by atoms with van der Waals surface area (Å²) in [5.41, 5.74) is 0.0560. The molecule has 0 radical (unpaired) electrons. The van der Waals surface area contributed by atoms with Crippen molar-refractivity contribution in [2.45, 2.75) is 44.6 Å². The Balaban J connectivity index is 2.48. The van der Waals surface area contributed by atoms with Gasteiger partial charge in [-0.1, -0.05) is 25.3 Å². The third kappa shape index (κ3) is 4.63. The van der Waals surface area contributed by atoms with Crippen molar-refractivity contribution in [1.29, 1.82) is 0 Å². The van der Waals surface area contributed by atoms with E-state index in [1.54, 1.807) is 11.8 Å². The normalized spacial score (nSPS) is 11.5. The molecule has 1 rings (SSSR count). The minimum atomic E-state index is -0.152. The molecule has 4 nitrogen and oxygen atoms in total. The van der Waals surface area contributed by atoms with Crippen LogP contribution in [0.4, 0.5) is 0 Å². The molecule has 0 aliphatic carbocycles. The molecule has 1 aromatic rings. The van der Waals surface area contributed by atoms with Crippen LogP contribution >= 0.6 is 23.3 Å². The third-order valence-corrected chi connectivity index (χ3v) is 4.24. The van der Waals surface area contributed by atoms with Gasteiger partial charge in [0.25, 0.3) is 0 Å². The first-order valence-electron chi connectivity index (χ1n) is 5.56. The van der Waals surface area contributed by atoms with Gasteiger partial charge in [-0.05, 0) is 18.5 Å². The quantitative estimate of drug-likeness (QED) is 0.610. The molecule has 0 fully saturated rings. The lowest BCUT2D eigenvalue weighted by Gasteiger charge is -2.16. The zero-order valence-corrected chi connectivity index (χ0v) is 12.3. The predicted octanol–water partition coefficient (Wildman–Crippen LogP) is 2.88. The molecule has 6 heteroatoms. The molecule has 0 aliphatic heterocycles. The van der Waals surface area contributed by atoms with Crippen molar-refractivity contribution in [2.75, 3.05) is 12.4 Å². The Morgan fingerprint density at radius 3 is 2.76 bits per heavy atom. The summed E-state index contributed by atoms with van der Waals surface area (Å²) in [4.78, 5) is 12.4. The van der Waals surface area contributed by atoms with Gasteiger partial charge in [0, 0.05) is 11.2 Å². The van der Waals surface area contributed by atoms with Crippen LogP contribution in [0.1, 0.15) is 39.0 Å². The number of nitrogens with zero attached hydrogens (tertiary/aromatic N) is 2. The van der Waals surface area contributed by atoms with Crippen LogP contribution < -0.4 is 0 Å². The zero-order chi connectivity index (χ0) is 12.9. The van der Waals surface area contributed by atoms with Crippen LogP contribution in [0.5, 0.6) is 0 Å². The van der Waals surface area contributed by atoms with Crippen molar-refractivity contribution in [3.8, 4) is 0 Å². The summed E-state index contributed by atoms with van der Waals surface area (Å²) in [5, 5.41) is 5.04. The Morgan fingerprint density at radius 1 is 1.47 bits per heavy atom. The number of hydrogen-bond acceptors (Lipinski definition) is 6. The highest BCUT2D eigenvalue weighted by atomic mass is 32.2. The van der Waals surface area contributed by atoms with E-state index in [2.05, 4.69) is 30.4 Å². The van der Waals surface area contributed by atoms with Crippen LogP contribution in [0.15, 0.2) is 5.03 Å². The van der Waals surface area contributed by atoms with Gasteiger partial charge in [0.1, 0.15) is 5.03 Å². The smallest absolute Gasteiger partial charge is 0.306 e. The number of carbonyl (C=O) groups excluding carboxylic acids is 1. The summed E-state index contributed by atoms with van der Waals surface area (Å²) in [6.07, 6.45) is 0.416. The summed E-state index contributed by atoms with van der Waals surface area (Å²) in [5.74, 6) is 0.536. The molecular weight excluding hydrogens is 256 g/mol. The standard InChI is InChI=1S/C11H18N2O2S2/c1-5-15-8(14)6-7-16-10-9(11(2,3)4)17-13-12-10/h5-7H2,1-4H3. The summed E-state index contributed by atoms with van der Waals surface area (Å²) < 4.78 is 8.85. The molecule has 0 aromatic carbocycles. The second kappa shape index (κ2) is 6.35. The van der Waals surface area contributed by atoms with E-state index >= 15 is 0 Å². The molecule has 0 saturated heterocycles. The van der Waals surface area contributed by atoms with Gasteiger partial charge >= 0.3 is 5.97 Å². The molecule has 0 aliphatic rings. The highest BCUT2D eigenvalue weighted by Crippen LogP contribution is 2.33. The Morgan fingerprint density at radius 2 is 2.18 bits per heavy atom. The first-order chi connectivity index (χ1) is 7.95. The maximum Gasteiger partial charge on any atom is 0.306 e. The van der Waals surface area contributed by atoms with E-state index in [4.69, 9.17) is 4.74 Å². The first kappa shape index (κ1) is 14.4.